The third kappa shape index (κ3) is 3.60. The number of nitrogens with zero attached hydrogens (tertiary/aromatic N) is 1. The van der Waals surface area contributed by atoms with Crippen molar-refractivity contribution < 1.29 is 0 Å². The predicted molar refractivity (Wildman–Crippen MR) is 88.3 cm³/mol. The van der Waals surface area contributed by atoms with Gasteiger partial charge in [-0.25, -0.2) is 0 Å². The van der Waals surface area contributed by atoms with Crippen LogP contribution in [-0.2, 0) is 12.8 Å². The van der Waals surface area contributed by atoms with E-state index in [1.807, 2.05) is 25.4 Å². The number of aromatic nitrogens is 1. The van der Waals surface area contributed by atoms with Crippen LogP contribution in [0, 0.1) is 0 Å². The number of likely N-dealkylation sites (N-methyl/N-ethyl adjacent to an activating group) is 1. The van der Waals surface area contributed by atoms with Gasteiger partial charge in [0.1, 0.15) is 0 Å². The topological polar surface area (TPSA) is 24.9 Å². The summed E-state index contributed by atoms with van der Waals surface area (Å²) in [5.74, 6) is 0. The van der Waals surface area contributed by atoms with Crippen LogP contribution in [0.4, 0.5) is 0 Å². The maximum atomic E-state index is 6.37. The lowest BCUT2D eigenvalue weighted by Crippen LogP contribution is -2.19. The zero-order chi connectivity index (χ0) is 14.5. The van der Waals surface area contributed by atoms with Gasteiger partial charge in [-0.1, -0.05) is 36.7 Å². The quantitative estimate of drug-likeness (QED) is 0.852. The van der Waals surface area contributed by atoms with E-state index in [2.05, 4.69) is 51.4 Å². The summed E-state index contributed by atoms with van der Waals surface area (Å²) in [7, 11) is 1.95. The highest BCUT2D eigenvalue weighted by atomic mass is 79.9. The van der Waals surface area contributed by atoms with Gasteiger partial charge in [-0.2, -0.15) is 0 Å². The molecule has 106 valence electrons. The lowest BCUT2D eigenvalue weighted by Gasteiger charge is -2.18. The van der Waals surface area contributed by atoms with Crippen LogP contribution in [0.2, 0.25) is 5.02 Å². The van der Waals surface area contributed by atoms with E-state index in [4.69, 9.17) is 11.6 Å². The average Bonchev–Trinajstić information content (AvgIpc) is 2.48. The molecule has 1 heterocycles. The van der Waals surface area contributed by atoms with E-state index in [-0.39, 0.29) is 6.04 Å². The Morgan fingerprint density at radius 2 is 2.10 bits per heavy atom. The summed E-state index contributed by atoms with van der Waals surface area (Å²) in [6.45, 7) is 2.13. The molecule has 1 aromatic carbocycles. The van der Waals surface area contributed by atoms with Crippen LogP contribution in [0.1, 0.15) is 29.8 Å². The molecule has 0 fully saturated rings. The van der Waals surface area contributed by atoms with E-state index in [1.54, 1.807) is 0 Å². The van der Waals surface area contributed by atoms with Gasteiger partial charge < -0.3 is 5.32 Å². The summed E-state index contributed by atoms with van der Waals surface area (Å²) in [5, 5.41) is 4.08. The lowest BCUT2D eigenvalue weighted by molar-refractivity contribution is 0.584. The van der Waals surface area contributed by atoms with E-state index in [9.17, 15) is 0 Å². The van der Waals surface area contributed by atoms with Crippen molar-refractivity contribution in [2.45, 2.75) is 25.8 Å². The fraction of sp³-hybridized carbons (Fsp3) is 0.312. The van der Waals surface area contributed by atoms with Crippen molar-refractivity contribution in [3.8, 4) is 0 Å². The summed E-state index contributed by atoms with van der Waals surface area (Å²) in [6, 6.07) is 10.4. The second-order valence-corrected chi connectivity index (χ2v) is 5.93. The van der Waals surface area contributed by atoms with Gasteiger partial charge in [0.2, 0.25) is 0 Å². The average molecular weight is 354 g/mol. The molecule has 0 spiro atoms. The molecule has 0 bridgehead atoms. The molecule has 0 amide bonds. The van der Waals surface area contributed by atoms with Crippen LogP contribution in [0.15, 0.2) is 41.0 Å². The first-order valence-electron chi connectivity index (χ1n) is 6.70. The molecule has 2 rings (SSSR count). The second-order valence-electron chi connectivity index (χ2n) is 4.70. The van der Waals surface area contributed by atoms with Crippen LogP contribution < -0.4 is 5.32 Å². The van der Waals surface area contributed by atoms with Gasteiger partial charge in [-0.3, -0.25) is 4.98 Å². The van der Waals surface area contributed by atoms with Crippen molar-refractivity contribution in [3.05, 3.63) is 62.8 Å². The van der Waals surface area contributed by atoms with E-state index >= 15 is 0 Å². The summed E-state index contributed by atoms with van der Waals surface area (Å²) in [6.07, 6.45) is 3.78. The highest BCUT2D eigenvalue weighted by Gasteiger charge is 2.15. The minimum atomic E-state index is 0.153. The number of aryl methyl sites for hydroxylation is 1. The third-order valence-corrected chi connectivity index (χ3v) is 4.72. The molecule has 4 heteroatoms. The van der Waals surface area contributed by atoms with Crippen LogP contribution in [0.3, 0.4) is 0 Å². The normalized spacial score (nSPS) is 12.4. The molecular formula is C16H18BrClN2. The zero-order valence-electron chi connectivity index (χ0n) is 11.7. The van der Waals surface area contributed by atoms with Gasteiger partial charge in [0.15, 0.2) is 0 Å². The minimum absolute atomic E-state index is 0.153. The van der Waals surface area contributed by atoms with Gasteiger partial charge in [-0.15, -0.1) is 0 Å². The van der Waals surface area contributed by atoms with Gasteiger partial charge in [-0.05, 0) is 52.7 Å². The molecule has 1 atom stereocenters. The van der Waals surface area contributed by atoms with Crippen molar-refractivity contribution in [3.63, 3.8) is 0 Å². The van der Waals surface area contributed by atoms with Crippen LogP contribution in [0.5, 0.6) is 0 Å². The van der Waals surface area contributed by atoms with Crippen LogP contribution in [0.25, 0.3) is 0 Å². The number of pyridine rings is 1. The van der Waals surface area contributed by atoms with E-state index < -0.39 is 0 Å². The van der Waals surface area contributed by atoms with E-state index in [0.717, 1.165) is 33.6 Å². The standard InChI is InChI=1S/C16H18BrClN2/c1-3-11-7-8-12(20-10-11)9-15(19-2)13-5-4-6-14(17)16(13)18/h4-8,10,15,19H,3,9H2,1-2H3. The number of hydrogen-bond acceptors (Lipinski definition) is 2. The highest BCUT2D eigenvalue weighted by Crippen LogP contribution is 2.31. The van der Waals surface area contributed by atoms with E-state index in [0.29, 0.717) is 0 Å². The van der Waals surface area contributed by atoms with Gasteiger partial charge >= 0.3 is 0 Å². The Kier molecular flexibility index (Phi) is 5.58. The Morgan fingerprint density at radius 1 is 1.30 bits per heavy atom. The fourth-order valence-corrected chi connectivity index (χ4v) is 2.79. The molecule has 1 unspecified atom stereocenters. The van der Waals surface area contributed by atoms with Crippen molar-refractivity contribution in [1.82, 2.24) is 10.3 Å². The summed E-state index contributed by atoms with van der Waals surface area (Å²) < 4.78 is 0.922. The van der Waals surface area contributed by atoms with Crippen molar-refractivity contribution in [1.29, 1.82) is 0 Å². The van der Waals surface area contributed by atoms with Gasteiger partial charge in [0, 0.05) is 28.8 Å². The predicted octanol–water partition coefficient (Wildman–Crippen LogP) is 4.56. The van der Waals surface area contributed by atoms with Gasteiger partial charge in [0.05, 0.1) is 5.02 Å². The smallest absolute Gasteiger partial charge is 0.0595 e. The number of halogens is 2. The molecule has 0 saturated heterocycles. The van der Waals surface area contributed by atoms with Crippen molar-refractivity contribution >= 4 is 27.5 Å². The van der Waals surface area contributed by atoms with Crippen molar-refractivity contribution in [2.75, 3.05) is 7.05 Å². The Balaban J connectivity index is 2.21. The number of nitrogens with one attached hydrogen (secondary N) is 1. The maximum Gasteiger partial charge on any atom is 0.0595 e. The first kappa shape index (κ1) is 15.5. The minimum Gasteiger partial charge on any atom is -0.313 e. The van der Waals surface area contributed by atoms with Crippen LogP contribution >= 0.6 is 27.5 Å². The number of rotatable bonds is 5. The molecule has 2 aromatic rings. The Morgan fingerprint density at radius 3 is 2.70 bits per heavy atom. The monoisotopic (exact) mass is 352 g/mol. The highest BCUT2D eigenvalue weighted by molar-refractivity contribution is 9.10. The second kappa shape index (κ2) is 7.21. The fourth-order valence-electron chi connectivity index (χ4n) is 2.15. The maximum absolute atomic E-state index is 6.37. The van der Waals surface area contributed by atoms with E-state index in [1.165, 1.54) is 5.56 Å². The lowest BCUT2D eigenvalue weighted by atomic mass is 10.0. The first-order chi connectivity index (χ1) is 9.65. The molecule has 1 aromatic heterocycles. The van der Waals surface area contributed by atoms with Crippen molar-refractivity contribution in [2.24, 2.45) is 0 Å². The number of benzene rings is 1. The molecule has 0 aliphatic carbocycles. The molecule has 1 N–H and O–H groups in total. The van der Waals surface area contributed by atoms with Gasteiger partial charge in [0.25, 0.3) is 0 Å². The molecule has 20 heavy (non-hydrogen) atoms. The number of hydrogen-bond donors (Lipinski definition) is 1. The summed E-state index contributed by atoms with van der Waals surface area (Å²) >= 11 is 9.85. The molecule has 0 aliphatic heterocycles. The molecule has 0 aliphatic rings. The summed E-state index contributed by atoms with van der Waals surface area (Å²) in [5.41, 5.74) is 3.41. The molecule has 2 nitrogen and oxygen atoms in total. The zero-order valence-corrected chi connectivity index (χ0v) is 14.0. The molecule has 0 saturated carbocycles. The first-order valence-corrected chi connectivity index (χ1v) is 7.87. The third-order valence-electron chi connectivity index (χ3n) is 3.41. The molecular weight excluding hydrogens is 336 g/mol. The largest absolute Gasteiger partial charge is 0.313 e. The molecule has 0 radical (unpaired) electrons. The Labute approximate surface area is 133 Å². The summed E-state index contributed by atoms with van der Waals surface area (Å²) in [4.78, 5) is 4.52. The Bertz CT molecular complexity index is 569. The van der Waals surface area contributed by atoms with Crippen LogP contribution in [-0.4, -0.2) is 12.0 Å². The SMILES string of the molecule is CCc1ccc(CC(NC)c2cccc(Br)c2Cl)nc1. The Hall–Kier alpha value is -0.900.